The fourth-order valence-corrected chi connectivity index (χ4v) is 11.2. The van der Waals surface area contributed by atoms with E-state index in [1.807, 2.05) is 0 Å². The SMILES string of the molecule is CCCCC/C=C\C/C=C\CCCCCCCCCCCC(=O)OC(COC(=O)CCCCCCCCCCCCCCCCC)COC(=O)CCCCCCCCCCCCCCCCCCCCC/C=C\C/C=C\CCCCCCC. The van der Waals surface area contributed by atoms with Crippen LogP contribution in [-0.4, -0.2) is 37.2 Å². The molecule has 0 heterocycles. The van der Waals surface area contributed by atoms with Gasteiger partial charge in [0.25, 0.3) is 0 Å². The Labute approximate surface area is 518 Å². The summed E-state index contributed by atoms with van der Waals surface area (Å²) in [7, 11) is 0. The van der Waals surface area contributed by atoms with Crippen molar-refractivity contribution in [2.75, 3.05) is 13.2 Å². The normalized spacial score (nSPS) is 12.3. The van der Waals surface area contributed by atoms with Crippen molar-refractivity contribution in [3.05, 3.63) is 48.6 Å². The van der Waals surface area contributed by atoms with Crippen LogP contribution in [0.4, 0.5) is 0 Å². The second-order valence-electron chi connectivity index (χ2n) is 25.2. The van der Waals surface area contributed by atoms with Gasteiger partial charge in [-0.05, 0) is 83.5 Å². The molecule has 0 amide bonds. The van der Waals surface area contributed by atoms with Gasteiger partial charge in [-0.15, -0.1) is 0 Å². The molecule has 0 N–H and O–H groups in total. The Morgan fingerprint density at radius 1 is 0.241 bits per heavy atom. The lowest BCUT2D eigenvalue weighted by Gasteiger charge is -2.18. The zero-order valence-electron chi connectivity index (χ0n) is 56.0. The molecule has 0 aromatic carbocycles. The molecule has 0 fully saturated rings. The molecule has 0 aliphatic carbocycles. The van der Waals surface area contributed by atoms with Gasteiger partial charge in [-0.2, -0.15) is 0 Å². The summed E-state index contributed by atoms with van der Waals surface area (Å²) in [5.74, 6) is -0.842. The van der Waals surface area contributed by atoms with E-state index >= 15 is 0 Å². The monoisotopic (exact) mass is 1160 g/mol. The van der Waals surface area contributed by atoms with E-state index in [2.05, 4.69) is 69.4 Å². The van der Waals surface area contributed by atoms with Gasteiger partial charge in [-0.1, -0.05) is 352 Å². The van der Waals surface area contributed by atoms with Gasteiger partial charge in [0, 0.05) is 19.3 Å². The van der Waals surface area contributed by atoms with Gasteiger partial charge in [-0.3, -0.25) is 14.4 Å². The van der Waals surface area contributed by atoms with Crippen LogP contribution >= 0.6 is 0 Å². The second-order valence-corrected chi connectivity index (χ2v) is 25.2. The largest absolute Gasteiger partial charge is 0.462 e. The van der Waals surface area contributed by atoms with E-state index in [0.29, 0.717) is 19.3 Å². The average molecular weight is 1160 g/mol. The van der Waals surface area contributed by atoms with Crippen LogP contribution in [-0.2, 0) is 28.6 Å². The van der Waals surface area contributed by atoms with Crippen molar-refractivity contribution in [3.8, 4) is 0 Å². The first-order valence-corrected chi connectivity index (χ1v) is 37.1. The maximum absolute atomic E-state index is 13.0. The molecule has 0 saturated carbocycles. The first-order valence-electron chi connectivity index (χ1n) is 37.1. The lowest BCUT2D eigenvalue weighted by atomic mass is 10.0. The topological polar surface area (TPSA) is 78.9 Å². The highest BCUT2D eigenvalue weighted by Gasteiger charge is 2.19. The summed E-state index contributed by atoms with van der Waals surface area (Å²) in [4.78, 5) is 38.5. The van der Waals surface area contributed by atoms with Crippen molar-refractivity contribution >= 4 is 17.9 Å². The lowest BCUT2D eigenvalue weighted by molar-refractivity contribution is -0.167. The van der Waals surface area contributed by atoms with E-state index < -0.39 is 6.10 Å². The van der Waals surface area contributed by atoms with Crippen molar-refractivity contribution in [2.45, 2.75) is 412 Å². The number of allylic oxidation sites excluding steroid dienone is 8. The number of rotatable bonds is 69. The van der Waals surface area contributed by atoms with Gasteiger partial charge in [0.15, 0.2) is 6.10 Å². The third-order valence-corrected chi connectivity index (χ3v) is 16.8. The predicted octanol–water partition coefficient (Wildman–Crippen LogP) is 25.7. The van der Waals surface area contributed by atoms with Gasteiger partial charge < -0.3 is 14.2 Å². The van der Waals surface area contributed by atoms with E-state index in [0.717, 1.165) is 70.6 Å². The number of unbranched alkanes of at least 4 members (excludes halogenated alkanes) is 50. The minimum atomic E-state index is -0.773. The van der Waals surface area contributed by atoms with E-state index in [-0.39, 0.29) is 31.1 Å². The highest BCUT2D eigenvalue weighted by molar-refractivity contribution is 5.71. The molecule has 1 atom stereocenters. The Bertz CT molecular complexity index is 1430. The molecule has 0 aromatic heterocycles. The molecular weight excluding hydrogens is 1020 g/mol. The van der Waals surface area contributed by atoms with Gasteiger partial charge in [0.2, 0.25) is 0 Å². The van der Waals surface area contributed by atoms with Crippen LogP contribution in [0.1, 0.15) is 406 Å². The van der Waals surface area contributed by atoms with Crippen LogP contribution in [0.2, 0.25) is 0 Å². The number of hydrogen-bond donors (Lipinski definition) is 0. The number of hydrogen-bond acceptors (Lipinski definition) is 6. The van der Waals surface area contributed by atoms with E-state index in [1.165, 1.54) is 295 Å². The minimum absolute atomic E-state index is 0.0688. The van der Waals surface area contributed by atoms with Crippen LogP contribution in [0.25, 0.3) is 0 Å². The van der Waals surface area contributed by atoms with Crippen molar-refractivity contribution in [2.24, 2.45) is 0 Å². The lowest BCUT2D eigenvalue weighted by Crippen LogP contribution is -2.30. The molecule has 0 spiro atoms. The first-order chi connectivity index (χ1) is 41.0. The van der Waals surface area contributed by atoms with Crippen molar-refractivity contribution in [1.29, 1.82) is 0 Å². The predicted molar refractivity (Wildman–Crippen MR) is 362 cm³/mol. The smallest absolute Gasteiger partial charge is 0.306 e. The molecule has 0 rings (SSSR count). The van der Waals surface area contributed by atoms with Crippen molar-refractivity contribution in [3.63, 3.8) is 0 Å². The summed E-state index contributed by atoms with van der Waals surface area (Å²) >= 11 is 0. The number of esters is 3. The first kappa shape index (κ1) is 80.4. The molecule has 0 aromatic rings. The Balaban J connectivity index is 4.19. The fourth-order valence-electron chi connectivity index (χ4n) is 11.2. The summed E-state index contributed by atoms with van der Waals surface area (Å²) in [5, 5.41) is 0. The van der Waals surface area contributed by atoms with Gasteiger partial charge in [0.1, 0.15) is 13.2 Å². The molecule has 0 saturated heterocycles. The molecule has 1 unspecified atom stereocenters. The van der Waals surface area contributed by atoms with E-state index in [4.69, 9.17) is 14.2 Å². The zero-order chi connectivity index (χ0) is 59.9. The molecular formula is C77H142O6. The standard InChI is InChI=1S/C77H142O6/c1-4-7-10-13-16-19-22-25-28-30-32-33-34-35-36-37-38-39-40-41-42-43-45-46-49-52-55-58-61-64-67-70-76(79)82-73-74(72-81-75(78)69-66-63-60-57-54-51-48-27-24-21-18-15-12-9-6-3)83-77(80)71-68-65-62-59-56-53-50-47-44-31-29-26-23-20-17-14-11-8-5-2/h17,20,22,25-26,29-30,32,74H,4-16,18-19,21,23-24,27-28,31,33-73H2,1-3H3/b20-17-,25-22-,29-26-,32-30-. The Hall–Kier alpha value is -2.63. The Morgan fingerprint density at radius 2 is 0.434 bits per heavy atom. The Kier molecular flexibility index (Phi) is 69.6. The molecule has 0 aliphatic heterocycles. The molecule has 0 aliphatic rings. The number of ether oxygens (including phenoxy) is 3. The van der Waals surface area contributed by atoms with Crippen LogP contribution in [0, 0.1) is 0 Å². The maximum Gasteiger partial charge on any atom is 0.306 e. The summed E-state index contributed by atoms with van der Waals surface area (Å²) in [5.41, 5.74) is 0. The average Bonchev–Trinajstić information content (AvgIpc) is 3.49. The third-order valence-electron chi connectivity index (χ3n) is 16.8. The highest BCUT2D eigenvalue weighted by Crippen LogP contribution is 2.19. The molecule has 6 heteroatoms. The fraction of sp³-hybridized carbons (Fsp3) is 0.857. The van der Waals surface area contributed by atoms with Gasteiger partial charge >= 0.3 is 17.9 Å². The summed E-state index contributed by atoms with van der Waals surface area (Å²) < 4.78 is 17.0. The number of carbonyl (C=O) groups excluding carboxylic acids is 3. The molecule has 0 bridgehead atoms. The maximum atomic E-state index is 13.0. The van der Waals surface area contributed by atoms with Crippen LogP contribution in [0.15, 0.2) is 48.6 Å². The van der Waals surface area contributed by atoms with Crippen LogP contribution < -0.4 is 0 Å². The quantitative estimate of drug-likeness (QED) is 0.0261. The molecule has 83 heavy (non-hydrogen) atoms. The molecule has 0 radical (unpaired) electrons. The van der Waals surface area contributed by atoms with Crippen LogP contribution in [0.3, 0.4) is 0 Å². The summed E-state index contributed by atoms with van der Waals surface area (Å²) in [6.45, 7) is 6.68. The summed E-state index contributed by atoms with van der Waals surface area (Å²) in [6, 6.07) is 0. The van der Waals surface area contributed by atoms with Gasteiger partial charge in [0.05, 0.1) is 0 Å². The minimum Gasteiger partial charge on any atom is -0.462 e. The molecule has 486 valence electrons. The summed E-state index contributed by atoms with van der Waals surface area (Å²) in [6.07, 6.45) is 91.5. The van der Waals surface area contributed by atoms with Crippen LogP contribution in [0.5, 0.6) is 0 Å². The second kappa shape index (κ2) is 71.8. The Morgan fingerprint density at radius 3 is 0.687 bits per heavy atom. The zero-order valence-corrected chi connectivity index (χ0v) is 56.0. The van der Waals surface area contributed by atoms with Gasteiger partial charge in [-0.25, -0.2) is 0 Å². The van der Waals surface area contributed by atoms with Crippen molar-refractivity contribution in [1.82, 2.24) is 0 Å². The third kappa shape index (κ3) is 70.0. The van der Waals surface area contributed by atoms with E-state index in [1.54, 1.807) is 0 Å². The van der Waals surface area contributed by atoms with E-state index in [9.17, 15) is 14.4 Å². The van der Waals surface area contributed by atoms with Crippen molar-refractivity contribution < 1.29 is 28.6 Å². The number of carbonyl (C=O) groups is 3. The molecule has 6 nitrogen and oxygen atoms in total. The highest BCUT2D eigenvalue weighted by atomic mass is 16.6.